The van der Waals surface area contributed by atoms with Crippen LogP contribution < -0.4 is 10.0 Å². The molecule has 228 valence electrons. The van der Waals surface area contributed by atoms with Crippen LogP contribution in [0.2, 0.25) is 5.02 Å². The van der Waals surface area contributed by atoms with Crippen LogP contribution in [0.5, 0.6) is 0 Å². The van der Waals surface area contributed by atoms with Crippen molar-refractivity contribution in [2.45, 2.75) is 63.0 Å². The van der Waals surface area contributed by atoms with Crippen molar-refractivity contribution in [1.29, 1.82) is 0 Å². The number of benzene rings is 1. The number of halogens is 1. The molecule has 3 N–H and O–H groups in total. The van der Waals surface area contributed by atoms with Gasteiger partial charge in [-0.1, -0.05) is 11.6 Å². The van der Waals surface area contributed by atoms with Gasteiger partial charge in [-0.25, -0.2) is 13.2 Å². The van der Waals surface area contributed by atoms with Gasteiger partial charge in [0.25, 0.3) is 5.91 Å². The van der Waals surface area contributed by atoms with Crippen molar-refractivity contribution in [3.63, 3.8) is 0 Å². The van der Waals surface area contributed by atoms with Gasteiger partial charge in [-0.05, 0) is 88.8 Å². The first-order valence-corrected chi connectivity index (χ1v) is 17.0. The number of rotatable bonds is 10. The Bertz CT molecular complexity index is 1510. The molecular formula is C28H34ClN3O7S3. The van der Waals surface area contributed by atoms with Crippen molar-refractivity contribution in [3.05, 3.63) is 51.2 Å². The van der Waals surface area contributed by atoms with Gasteiger partial charge in [0.15, 0.2) is 0 Å². The maximum atomic E-state index is 12.8. The molecule has 0 radical (unpaired) electrons. The van der Waals surface area contributed by atoms with Crippen molar-refractivity contribution in [1.82, 2.24) is 14.9 Å². The lowest BCUT2D eigenvalue weighted by molar-refractivity contribution is -0.138. The van der Waals surface area contributed by atoms with E-state index >= 15 is 0 Å². The van der Waals surface area contributed by atoms with Crippen LogP contribution >= 0.6 is 34.3 Å². The smallest absolute Gasteiger partial charge is 0.410 e. The van der Waals surface area contributed by atoms with Gasteiger partial charge in [0.1, 0.15) is 11.6 Å². The molecule has 42 heavy (non-hydrogen) atoms. The summed E-state index contributed by atoms with van der Waals surface area (Å²) in [7, 11) is -4.14. The number of thiophene rings is 2. The molecule has 1 atom stereocenters. The SMILES string of the molecule is CC(C)(C)OC(=O)N1CCC(CCc2cc3cc(C(=O)NC[C@H](NS(=O)(=O)c4ccc(Cl)cc4)C(=O)O)sc3s2)CC1. The number of amides is 2. The van der Waals surface area contributed by atoms with Crippen molar-refractivity contribution in [2.75, 3.05) is 19.6 Å². The van der Waals surface area contributed by atoms with Crippen molar-refractivity contribution in [3.8, 4) is 0 Å². The first-order chi connectivity index (χ1) is 19.7. The second-order valence-electron chi connectivity index (χ2n) is 11.2. The number of fused-ring (bicyclic) bond motifs is 1. The van der Waals surface area contributed by atoms with E-state index in [4.69, 9.17) is 16.3 Å². The fraction of sp³-hybridized carbons (Fsp3) is 0.464. The number of sulfonamides is 1. The van der Waals surface area contributed by atoms with Crippen LogP contribution in [-0.4, -0.2) is 67.7 Å². The van der Waals surface area contributed by atoms with Gasteiger partial charge in [0.05, 0.1) is 13.8 Å². The van der Waals surface area contributed by atoms with Crippen LogP contribution in [0.3, 0.4) is 0 Å². The number of likely N-dealkylation sites (tertiary alicyclic amines) is 1. The molecule has 1 saturated heterocycles. The Morgan fingerprint density at radius 3 is 2.38 bits per heavy atom. The van der Waals surface area contributed by atoms with Gasteiger partial charge >= 0.3 is 12.1 Å². The Morgan fingerprint density at radius 1 is 1.12 bits per heavy atom. The minimum absolute atomic E-state index is 0.134. The molecule has 0 saturated carbocycles. The first kappa shape index (κ1) is 32.2. The Kier molecular flexibility index (Phi) is 10.2. The highest BCUT2D eigenvalue weighted by molar-refractivity contribution is 7.89. The number of carboxylic acids is 1. The lowest BCUT2D eigenvalue weighted by Crippen LogP contribution is -2.48. The molecule has 1 aliphatic rings. The normalized spacial score (nSPS) is 15.5. The molecule has 3 aromatic rings. The maximum Gasteiger partial charge on any atom is 0.410 e. The number of nitrogens with zero attached hydrogens (tertiary/aromatic N) is 1. The van der Waals surface area contributed by atoms with Crippen LogP contribution in [0, 0.1) is 5.92 Å². The van der Waals surface area contributed by atoms with Crippen LogP contribution in [0.15, 0.2) is 41.3 Å². The van der Waals surface area contributed by atoms with Gasteiger partial charge in [0, 0.05) is 34.9 Å². The molecule has 1 aromatic carbocycles. The number of hydrogen-bond donors (Lipinski definition) is 3. The van der Waals surface area contributed by atoms with E-state index in [0.29, 0.717) is 28.9 Å². The molecule has 2 aromatic heterocycles. The fourth-order valence-electron chi connectivity index (χ4n) is 4.53. The average Bonchev–Trinajstić information content (AvgIpc) is 3.48. The third kappa shape index (κ3) is 8.66. The van der Waals surface area contributed by atoms with E-state index in [2.05, 4.69) is 16.1 Å². The number of ether oxygens (including phenoxy) is 1. The molecular weight excluding hydrogens is 622 g/mol. The number of nitrogens with one attached hydrogen (secondary N) is 2. The zero-order valence-corrected chi connectivity index (χ0v) is 26.7. The average molecular weight is 656 g/mol. The standard InChI is InChI=1S/C28H34ClN3O7S3/c1-28(2,3)39-27(36)32-12-10-17(11-13-32)4-7-20-14-18-15-23(41-26(18)40-20)24(33)30-16-22(25(34)35)31-42(37,38)21-8-5-19(29)6-9-21/h5-6,8-9,14-15,17,22,31H,4,7,10-13,16H2,1-3H3,(H,30,33)(H,34,35)/t22-/m0/s1. The van der Waals surface area contributed by atoms with Crippen LogP contribution in [0.25, 0.3) is 9.40 Å². The molecule has 3 heterocycles. The van der Waals surface area contributed by atoms with E-state index in [9.17, 15) is 27.9 Å². The fourth-order valence-corrected chi connectivity index (χ4v) is 8.27. The minimum atomic E-state index is -4.14. The highest BCUT2D eigenvalue weighted by Gasteiger charge is 2.28. The molecule has 1 aliphatic heterocycles. The Morgan fingerprint density at radius 2 is 1.79 bits per heavy atom. The summed E-state index contributed by atoms with van der Waals surface area (Å²) < 4.78 is 33.7. The molecule has 0 spiro atoms. The van der Waals surface area contributed by atoms with E-state index in [1.54, 1.807) is 22.3 Å². The minimum Gasteiger partial charge on any atom is -0.480 e. The number of carbonyl (C=O) groups excluding carboxylic acids is 2. The zero-order chi connectivity index (χ0) is 30.7. The summed E-state index contributed by atoms with van der Waals surface area (Å²) in [5, 5.41) is 13.3. The Labute approximate surface area is 258 Å². The largest absolute Gasteiger partial charge is 0.480 e. The van der Waals surface area contributed by atoms with E-state index in [-0.39, 0.29) is 11.0 Å². The second kappa shape index (κ2) is 13.3. The molecule has 10 nitrogen and oxygen atoms in total. The van der Waals surface area contributed by atoms with Gasteiger partial charge in [-0.2, -0.15) is 4.72 Å². The maximum absolute atomic E-state index is 12.8. The monoisotopic (exact) mass is 655 g/mol. The molecule has 0 unspecified atom stereocenters. The van der Waals surface area contributed by atoms with E-state index in [1.807, 2.05) is 20.8 Å². The first-order valence-electron chi connectivity index (χ1n) is 13.5. The lowest BCUT2D eigenvalue weighted by atomic mass is 9.92. The van der Waals surface area contributed by atoms with Gasteiger partial charge < -0.3 is 20.1 Å². The number of aliphatic carboxylic acids is 1. The third-order valence-electron chi connectivity index (χ3n) is 6.74. The topological polar surface area (TPSA) is 142 Å². The van der Waals surface area contributed by atoms with Crippen LogP contribution in [0.4, 0.5) is 4.79 Å². The number of carboxylic acid groups (broad SMARTS) is 1. The van der Waals surface area contributed by atoms with Crippen LogP contribution in [-0.2, 0) is 26.0 Å². The van der Waals surface area contributed by atoms with Gasteiger partial charge in [-0.3, -0.25) is 9.59 Å². The van der Waals surface area contributed by atoms with Crippen molar-refractivity contribution < 1.29 is 32.6 Å². The van der Waals surface area contributed by atoms with Crippen molar-refractivity contribution >= 4 is 71.7 Å². The van der Waals surface area contributed by atoms with Crippen molar-refractivity contribution in [2.24, 2.45) is 5.92 Å². The summed E-state index contributed by atoms with van der Waals surface area (Å²) in [6.07, 6.45) is 3.56. The molecule has 0 bridgehead atoms. The summed E-state index contributed by atoms with van der Waals surface area (Å²) in [5.41, 5.74) is -0.500. The summed E-state index contributed by atoms with van der Waals surface area (Å²) >= 11 is 8.74. The number of hydrogen-bond acceptors (Lipinski definition) is 8. The molecule has 4 rings (SSSR count). The summed E-state index contributed by atoms with van der Waals surface area (Å²) in [6, 6.07) is 7.59. The third-order valence-corrected chi connectivity index (χ3v) is 10.9. The molecule has 14 heteroatoms. The quantitative estimate of drug-likeness (QED) is 0.267. The second-order valence-corrected chi connectivity index (χ2v) is 15.8. The highest BCUT2D eigenvalue weighted by atomic mass is 35.5. The zero-order valence-electron chi connectivity index (χ0n) is 23.5. The van der Waals surface area contributed by atoms with E-state index < -0.39 is 40.1 Å². The number of piperidine rings is 1. The van der Waals surface area contributed by atoms with Crippen LogP contribution in [0.1, 0.15) is 54.6 Å². The Balaban J connectivity index is 1.27. The highest BCUT2D eigenvalue weighted by Crippen LogP contribution is 2.35. The Hall–Kier alpha value is -2.71. The predicted octanol–water partition coefficient (Wildman–Crippen LogP) is 5.36. The van der Waals surface area contributed by atoms with Gasteiger partial charge in [0.2, 0.25) is 10.0 Å². The summed E-state index contributed by atoms with van der Waals surface area (Å²) in [6.45, 7) is 6.57. The molecule has 1 fully saturated rings. The van der Waals surface area contributed by atoms with E-state index in [1.165, 1.54) is 40.5 Å². The summed E-state index contributed by atoms with van der Waals surface area (Å²) in [5.74, 6) is -1.36. The number of carbonyl (C=O) groups is 3. The van der Waals surface area contributed by atoms with E-state index in [0.717, 1.165) is 35.1 Å². The number of aryl methyl sites for hydroxylation is 1. The van der Waals surface area contributed by atoms with Gasteiger partial charge in [-0.15, -0.1) is 22.7 Å². The molecule has 0 aliphatic carbocycles. The lowest BCUT2D eigenvalue weighted by Gasteiger charge is -2.33. The predicted molar refractivity (Wildman–Crippen MR) is 164 cm³/mol. The summed E-state index contributed by atoms with van der Waals surface area (Å²) in [4.78, 5) is 40.0. The molecule has 2 amide bonds.